The molecule has 0 aromatic carbocycles. The van der Waals surface area contributed by atoms with Crippen molar-refractivity contribution in [1.82, 2.24) is 15.5 Å². The third-order valence-corrected chi connectivity index (χ3v) is 5.41. The Morgan fingerprint density at radius 3 is 2.24 bits per heavy atom. The summed E-state index contributed by atoms with van der Waals surface area (Å²) < 4.78 is 0. The molecule has 0 aromatic heterocycles. The van der Waals surface area contributed by atoms with Crippen LogP contribution in [0.2, 0.25) is 0 Å². The van der Waals surface area contributed by atoms with Crippen molar-refractivity contribution in [2.45, 2.75) is 84.5 Å². The number of nitrogens with two attached hydrogens (primary N) is 1. The number of carboxylic acids is 1. The summed E-state index contributed by atoms with van der Waals surface area (Å²) in [5, 5.41) is 14.7. The summed E-state index contributed by atoms with van der Waals surface area (Å²) in [4.78, 5) is 50.6. The predicted octanol–water partition coefficient (Wildman–Crippen LogP) is 0.471. The molecule has 0 radical (unpaired) electrons. The maximum Gasteiger partial charge on any atom is 0.326 e. The molecule has 0 aromatic rings. The SMILES string of the molecule is CCC(C)C(NC(=O)C(C)NC(=O)C(N)CC(C)C)C(=O)N1CCCC1C(=O)O. The number of carboxylic acid groups (broad SMARTS) is 1. The van der Waals surface area contributed by atoms with Crippen LogP contribution in [0.15, 0.2) is 0 Å². The number of hydrogen-bond donors (Lipinski definition) is 4. The van der Waals surface area contributed by atoms with Crippen LogP contribution in [-0.2, 0) is 19.2 Å². The Balaban J connectivity index is 2.82. The molecule has 5 N–H and O–H groups in total. The van der Waals surface area contributed by atoms with Crippen LogP contribution in [-0.4, -0.2) is 64.4 Å². The van der Waals surface area contributed by atoms with Gasteiger partial charge >= 0.3 is 5.97 Å². The molecule has 5 unspecified atom stereocenters. The second-order valence-electron chi connectivity index (χ2n) is 8.37. The highest BCUT2D eigenvalue weighted by molar-refractivity contribution is 5.94. The van der Waals surface area contributed by atoms with Gasteiger partial charge in [-0.1, -0.05) is 34.1 Å². The molecule has 0 aliphatic carbocycles. The van der Waals surface area contributed by atoms with E-state index < -0.39 is 47.9 Å². The van der Waals surface area contributed by atoms with Crippen molar-refractivity contribution in [2.75, 3.05) is 6.54 Å². The van der Waals surface area contributed by atoms with E-state index in [0.29, 0.717) is 32.2 Å². The third-order valence-electron chi connectivity index (χ3n) is 5.41. The molecule has 166 valence electrons. The molecular formula is C20H36N4O5. The van der Waals surface area contributed by atoms with E-state index in [1.54, 1.807) is 0 Å². The summed E-state index contributed by atoms with van der Waals surface area (Å²) in [5.74, 6) is -2.29. The van der Waals surface area contributed by atoms with Gasteiger partial charge in [0.05, 0.1) is 6.04 Å². The largest absolute Gasteiger partial charge is 0.480 e. The van der Waals surface area contributed by atoms with E-state index in [-0.39, 0.29) is 11.8 Å². The molecule has 0 saturated carbocycles. The molecule has 1 saturated heterocycles. The molecular weight excluding hydrogens is 376 g/mol. The smallest absolute Gasteiger partial charge is 0.326 e. The van der Waals surface area contributed by atoms with Crippen molar-refractivity contribution in [1.29, 1.82) is 0 Å². The number of rotatable bonds is 10. The van der Waals surface area contributed by atoms with Gasteiger partial charge in [0, 0.05) is 6.54 Å². The summed E-state index contributed by atoms with van der Waals surface area (Å²) in [6.45, 7) is 9.52. The lowest BCUT2D eigenvalue weighted by Crippen LogP contribution is -2.58. The second-order valence-corrected chi connectivity index (χ2v) is 8.37. The van der Waals surface area contributed by atoms with Gasteiger partial charge in [0.2, 0.25) is 17.7 Å². The van der Waals surface area contributed by atoms with Gasteiger partial charge < -0.3 is 26.4 Å². The molecule has 1 aliphatic heterocycles. The van der Waals surface area contributed by atoms with E-state index in [2.05, 4.69) is 10.6 Å². The predicted molar refractivity (Wildman–Crippen MR) is 109 cm³/mol. The molecule has 3 amide bonds. The Kier molecular flexibility index (Phi) is 9.55. The molecule has 0 bridgehead atoms. The van der Waals surface area contributed by atoms with Gasteiger partial charge in [-0.05, 0) is 38.0 Å². The summed E-state index contributed by atoms with van der Waals surface area (Å²) >= 11 is 0. The van der Waals surface area contributed by atoms with Crippen molar-refractivity contribution in [3.63, 3.8) is 0 Å². The number of aliphatic carboxylic acids is 1. The van der Waals surface area contributed by atoms with Crippen LogP contribution in [0, 0.1) is 11.8 Å². The Morgan fingerprint density at radius 2 is 1.72 bits per heavy atom. The normalized spacial score (nSPS) is 20.7. The van der Waals surface area contributed by atoms with Crippen LogP contribution in [0.3, 0.4) is 0 Å². The molecule has 1 fully saturated rings. The first-order chi connectivity index (χ1) is 13.5. The molecule has 0 spiro atoms. The van der Waals surface area contributed by atoms with Gasteiger partial charge in [0.1, 0.15) is 18.1 Å². The maximum absolute atomic E-state index is 13.0. The minimum absolute atomic E-state index is 0.187. The number of nitrogens with one attached hydrogen (secondary N) is 2. The fourth-order valence-corrected chi connectivity index (χ4v) is 3.43. The van der Waals surface area contributed by atoms with Crippen molar-refractivity contribution < 1.29 is 24.3 Å². The molecule has 29 heavy (non-hydrogen) atoms. The topological polar surface area (TPSA) is 142 Å². The molecule has 1 rings (SSSR count). The standard InChI is InChI=1S/C20H36N4O5/c1-6-12(4)16(19(27)24-9-7-8-15(24)20(28)29)23-17(25)13(5)22-18(26)14(21)10-11(2)3/h11-16H,6-10,21H2,1-5H3,(H,22,26)(H,23,25)(H,28,29). The lowest BCUT2D eigenvalue weighted by Gasteiger charge is -2.31. The maximum atomic E-state index is 13.0. The van der Waals surface area contributed by atoms with Gasteiger partial charge in [0.25, 0.3) is 0 Å². The van der Waals surface area contributed by atoms with Crippen LogP contribution in [0.5, 0.6) is 0 Å². The van der Waals surface area contributed by atoms with Crippen LogP contribution < -0.4 is 16.4 Å². The Labute approximate surface area is 172 Å². The zero-order valence-electron chi connectivity index (χ0n) is 18.1. The Morgan fingerprint density at radius 1 is 1.10 bits per heavy atom. The van der Waals surface area contributed by atoms with Crippen LogP contribution in [0.4, 0.5) is 0 Å². The van der Waals surface area contributed by atoms with E-state index in [0.717, 1.165) is 0 Å². The second kappa shape index (κ2) is 11.1. The van der Waals surface area contributed by atoms with E-state index in [1.165, 1.54) is 11.8 Å². The van der Waals surface area contributed by atoms with E-state index in [4.69, 9.17) is 5.73 Å². The highest BCUT2D eigenvalue weighted by Crippen LogP contribution is 2.21. The first kappa shape index (κ1) is 24.9. The highest BCUT2D eigenvalue weighted by Gasteiger charge is 2.39. The minimum Gasteiger partial charge on any atom is -0.480 e. The summed E-state index contributed by atoms with van der Waals surface area (Å²) in [5.41, 5.74) is 5.85. The monoisotopic (exact) mass is 412 g/mol. The van der Waals surface area contributed by atoms with E-state index in [9.17, 15) is 24.3 Å². The first-order valence-corrected chi connectivity index (χ1v) is 10.4. The van der Waals surface area contributed by atoms with Gasteiger partial charge in [0.15, 0.2) is 0 Å². The summed E-state index contributed by atoms with van der Waals surface area (Å²) in [6.07, 6.45) is 2.15. The number of amides is 3. The molecule has 1 heterocycles. The van der Waals surface area contributed by atoms with Crippen molar-refractivity contribution in [2.24, 2.45) is 17.6 Å². The average Bonchev–Trinajstić information content (AvgIpc) is 3.14. The number of nitrogens with zero attached hydrogens (tertiary/aromatic N) is 1. The first-order valence-electron chi connectivity index (χ1n) is 10.4. The van der Waals surface area contributed by atoms with Crippen molar-refractivity contribution in [3.05, 3.63) is 0 Å². The quantitative estimate of drug-likeness (QED) is 0.411. The molecule has 9 nitrogen and oxygen atoms in total. The summed E-state index contributed by atoms with van der Waals surface area (Å²) in [6, 6.07) is -3.29. The third kappa shape index (κ3) is 6.99. The van der Waals surface area contributed by atoms with Gasteiger partial charge in [-0.15, -0.1) is 0 Å². The number of hydrogen-bond acceptors (Lipinski definition) is 5. The van der Waals surface area contributed by atoms with Gasteiger partial charge in [-0.2, -0.15) is 0 Å². The van der Waals surface area contributed by atoms with Gasteiger partial charge in [-0.3, -0.25) is 14.4 Å². The fourth-order valence-electron chi connectivity index (χ4n) is 3.43. The molecule has 1 aliphatic rings. The molecule has 9 heteroatoms. The number of carbonyl (C=O) groups excluding carboxylic acids is 3. The minimum atomic E-state index is -1.04. The number of carbonyl (C=O) groups is 4. The Hall–Kier alpha value is -2.16. The van der Waals surface area contributed by atoms with Gasteiger partial charge in [-0.25, -0.2) is 4.79 Å². The lowest BCUT2D eigenvalue weighted by molar-refractivity contribution is -0.150. The Bertz CT molecular complexity index is 610. The van der Waals surface area contributed by atoms with E-state index in [1.807, 2.05) is 27.7 Å². The average molecular weight is 413 g/mol. The zero-order valence-corrected chi connectivity index (χ0v) is 18.1. The summed E-state index contributed by atoms with van der Waals surface area (Å²) in [7, 11) is 0. The van der Waals surface area contributed by atoms with Crippen LogP contribution in [0.25, 0.3) is 0 Å². The lowest BCUT2D eigenvalue weighted by atomic mass is 9.97. The molecule has 5 atom stereocenters. The zero-order chi connectivity index (χ0) is 22.3. The van der Waals surface area contributed by atoms with Crippen molar-refractivity contribution >= 4 is 23.7 Å². The van der Waals surface area contributed by atoms with Crippen molar-refractivity contribution in [3.8, 4) is 0 Å². The van der Waals surface area contributed by atoms with E-state index >= 15 is 0 Å². The highest BCUT2D eigenvalue weighted by atomic mass is 16.4. The van der Waals surface area contributed by atoms with Crippen LogP contribution in [0.1, 0.15) is 60.3 Å². The fraction of sp³-hybridized carbons (Fsp3) is 0.800. The van der Waals surface area contributed by atoms with Crippen LogP contribution >= 0.6 is 0 Å². The number of likely N-dealkylation sites (tertiary alicyclic amines) is 1.